The van der Waals surface area contributed by atoms with Gasteiger partial charge in [0.15, 0.2) is 0 Å². The first kappa shape index (κ1) is 22.5. The van der Waals surface area contributed by atoms with E-state index < -0.39 is 0 Å². The predicted octanol–water partition coefficient (Wildman–Crippen LogP) is 3.62. The fourth-order valence-corrected chi connectivity index (χ4v) is 4.32. The summed E-state index contributed by atoms with van der Waals surface area (Å²) in [5, 5.41) is 0. The average Bonchev–Trinajstić information content (AvgIpc) is 3.12. The Morgan fingerprint density at radius 2 is 1.90 bits per heavy atom. The molecule has 5 nitrogen and oxygen atoms in total. The van der Waals surface area contributed by atoms with Crippen molar-refractivity contribution >= 4 is 11.8 Å². The molecule has 164 valence electrons. The van der Waals surface area contributed by atoms with E-state index in [4.69, 9.17) is 0 Å². The second-order valence-electron chi connectivity index (χ2n) is 9.15. The van der Waals surface area contributed by atoms with E-state index >= 15 is 0 Å². The summed E-state index contributed by atoms with van der Waals surface area (Å²) in [4.78, 5) is 31.8. The van der Waals surface area contributed by atoms with Gasteiger partial charge >= 0.3 is 0 Å². The molecule has 1 unspecified atom stereocenters. The molecule has 0 aromatic heterocycles. The minimum atomic E-state index is -0.217. The van der Waals surface area contributed by atoms with Crippen molar-refractivity contribution in [3.8, 4) is 0 Å². The normalized spacial score (nSPS) is 19.3. The first-order valence-electron chi connectivity index (χ1n) is 11.4. The molecule has 1 heterocycles. The molecule has 1 fully saturated rings. The first-order chi connectivity index (χ1) is 14.4. The second-order valence-corrected chi connectivity index (χ2v) is 9.15. The highest BCUT2D eigenvalue weighted by molar-refractivity contribution is 5.89. The fourth-order valence-electron chi connectivity index (χ4n) is 4.32. The van der Waals surface area contributed by atoms with Crippen LogP contribution in [0.5, 0.6) is 0 Å². The van der Waals surface area contributed by atoms with Gasteiger partial charge in [0.2, 0.25) is 11.8 Å². The van der Waals surface area contributed by atoms with Crippen LogP contribution in [0.15, 0.2) is 35.9 Å². The molecule has 0 N–H and O–H groups in total. The number of hydrogen-bond donors (Lipinski definition) is 0. The molecule has 0 saturated carbocycles. The molecule has 5 heteroatoms. The Balaban J connectivity index is 1.66. The molecule has 2 aliphatic rings. The average molecular weight is 412 g/mol. The summed E-state index contributed by atoms with van der Waals surface area (Å²) in [6.07, 6.45) is 8.52. The van der Waals surface area contributed by atoms with Crippen LogP contribution in [0.3, 0.4) is 0 Å². The molecule has 1 aromatic carbocycles. The summed E-state index contributed by atoms with van der Waals surface area (Å²) in [7, 11) is 4.01. The van der Waals surface area contributed by atoms with Crippen LogP contribution in [0.2, 0.25) is 0 Å². The number of amides is 2. The third-order valence-electron chi connectivity index (χ3n) is 6.27. The lowest BCUT2D eigenvalue weighted by Crippen LogP contribution is -2.38. The molecular formula is C25H37N3O2. The Labute approximate surface area is 181 Å². The van der Waals surface area contributed by atoms with Gasteiger partial charge in [-0.2, -0.15) is 0 Å². The molecule has 1 aliphatic heterocycles. The van der Waals surface area contributed by atoms with Crippen LogP contribution >= 0.6 is 0 Å². The zero-order valence-electron chi connectivity index (χ0n) is 18.9. The van der Waals surface area contributed by atoms with Gasteiger partial charge in [0.25, 0.3) is 0 Å². The number of carbonyl (C=O) groups excluding carboxylic acids is 2. The topological polar surface area (TPSA) is 43.9 Å². The number of benzene rings is 1. The van der Waals surface area contributed by atoms with Gasteiger partial charge in [0.1, 0.15) is 0 Å². The van der Waals surface area contributed by atoms with E-state index in [9.17, 15) is 9.59 Å². The zero-order chi connectivity index (χ0) is 21.5. The van der Waals surface area contributed by atoms with E-state index in [0.29, 0.717) is 26.1 Å². The van der Waals surface area contributed by atoms with Gasteiger partial charge in [-0.15, -0.1) is 0 Å². The lowest BCUT2D eigenvalue weighted by atomic mass is 9.96. The number of carbonyl (C=O) groups is 2. The Bertz CT molecular complexity index is 754. The molecular weight excluding hydrogens is 374 g/mol. The maximum Gasteiger partial charge on any atom is 0.228 e. The largest absolute Gasteiger partial charge is 0.341 e. The van der Waals surface area contributed by atoms with Crippen LogP contribution < -0.4 is 0 Å². The number of allylic oxidation sites excluding steroid dienone is 1. The Morgan fingerprint density at radius 1 is 1.13 bits per heavy atom. The summed E-state index contributed by atoms with van der Waals surface area (Å²) in [5.74, 6) is 0.0265. The van der Waals surface area contributed by atoms with Gasteiger partial charge in [-0.1, -0.05) is 41.5 Å². The smallest absolute Gasteiger partial charge is 0.228 e. The minimum Gasteiger partial charge on any atom is -0.341 e. The van der Waals surface area contributed by atoms with E-state index in [2.05, 4.69) is 42.2 Å². The van der Waals surface area contributed by atoms with Crippen molar-refractivity contribution in [1.29, 1.82) is 0 Å². The van der Waals surface area contributed by atoms with Gasteiger partial charge in [-0.05, 0) is 58.7 Å². The van der Waals surface area contributed by atoms with Gasteiger partial charge in [0.05, 0.1) is 5.92 Å². The monoisotopic (exact) mass is 411 g/mol. The second kappa shape index (κ2) is 10.8. The molecule has 1 aromatic rings. The lowest BCUT2D eigenvalue weighted by molar-refractivity contribution is -0.136. The van der Waals surface area contributed by atoms with E-state index in [1.165, 1.54) is 30.4 Å². The number of nitrogens with zero attached hydrogens (tertiary/aromatic N) is 3. The maximum absolute atomic E-state index is 13.4. The summed E-state index contributed by atoms with van der Waals surface area (Å²) < 4.78 is 0. The standard InChI is InChI=1S/C25H37N3O2/c1-20-9-11-22(12-10-20)18-28(14-13-21-7-5-4-6-8-21)25(30)23-17-24(29)27(19-23)16-15-26(2)3/h7,9-12,23H,4-6,8,13-19H2,1-3H3. The minimum absolute atomic E-state index is 0.112. The Kier molecular flexibility index (Phi) is 8.08. The molecule has 0 spiro atoms. The fraction of sp³-hybridized carbons (Fsp3) is 0.600. The Hall–Kier alpha value is -2.14. The quantitative estimate of drug-likeness (QED) is 0.583. The third-order valence-corrected chi connectivity index (χ3v) is 6.27. The van der Waals surface area contributed by atoms with Gasteiger partial charge < -0.3 is 14.7 Å². The van der Waals surface area contributed by atoms with Gasteiger partial charge in [-0.25, -0.2) is 0 Å². The molecule has 30 heavy (non-hydrogen) atoms. The van der Waals surface area contributed by atoms with Crippen molar-refractivity contribution in [2.24, 2.45) is 5.92 Å². The van der Waals surface area contributed by atoms with Crippen LogP contribution in [-0.2, 0) is 16.1 Å². The van der Waals surface area contributed by atoms with Crippen LogP contribution in [0, 0.1) is 12.8 Å². The van der Waals surface area contributed by atoms with Crippen LogP contribution in [0.4, 0.5) is 0 Å². The van der Waals surface area contributed by atoms with Crippen LogP contribution in [0.25, 0.3) is 0 Å². The van der Waals surface area contributed by atoms with Crippen molar-refractivity contribution in [3.05, 3.63) is 47.0 Å². The SMILES string of the molecule is Cc1ccc(CN(CCC2=CCCCC2)C(=O)C2CC(=O)N(CCN(C)C)C2)cc1. The lowest BCUT2D eigenvalue weighted by Gasteiger charge is -2.27. The van der Waals surface area contributed by atoms with Crippen molar-refractivity contribution < 1.29 is 9.59 Å². The summed E-state index contributed by atoms with van der Waals surface area (Å²) in [6, 6.07) is 8.42. The molecule has 0 radical (unpaired) electrons. The van der Waals surface area contributed by atoms with Gasteiger partial charge in [-0.3, -0.25) is 9.59 Å². The number of aryl methyl sites for hydroxylation is 1. The van der Waals surface area contributed by atoms with Crippen molar-refractivity contribution in [2.75, 3.05) is 40.3 Å². The predicted molar refractivity (Wildman–Crippen MR) is 121 cm³/mol. The van der Waals surface area contributed by atoms with Crippen molar-refractivity contribution in [3.63, 3.8) is 0 Å². The van der Waals surface area contributed by atoms with Crippen molar-refractivity contribution in [2.45, 2.75) is 52.0 Å². The van der Waals surface area contributed by atoms with Crippen LogP contribution in [-0.4, -0.2) is 66.8 Å². The van der Waals surface area contributed by atoms with Crippen LogP contribution in [0.1, 0.15) is 49.7 Å². The number of rotatable bonds is 9. The molecule has 2 amide bonds. The summed E-state index contributed by atoms with van der Waals surface area (Å²) in [6.45, 7) is 5.51. The number of hydrogen-bond acceptors (Lipinski definition) is 3. The highest BCUT2D eigenvalue weighted by atomic mass is 16.2. The van der Waals surface area contributed by atoms with E-state index in [1.807, 2.05) is 23.9 Å². The summed E-state index contributed by atoms with van der Waals surface area (Å²) >= 11 is 0. The highest BCUT2D eigenvalue weighted by Crippen LogP contribution is 2.24. The first-order valence-corrected chi connectivity index (χ1v) is 11.4. The van der Waals surface area contributed by atoms with Gasteiger partial charge in [0, 0.05) is 39.1 Å². The zero-order valence-corrected chi connectivity index (χ0v) is 18.9. The summed E-state index contributed by atoms with van der Waals surface area (Å²) in [5.41, 5.74) is 3.86. The molecule has 1 saturated heterocycles. The van der Waals surface area contributed by atoms with Crippen molar-refractivity contribution in [1.82, 2.24) is 14.7 Å². The molecule has 3 rings (SSSR count). The Morgan fingerprint density at radius 3 is 2.57 bits per heavy atom. The van der Waals surface area contributed by atoms with E-state index in [-0.39, 0.29) is 17.7 Å². The number of likely N-dealkylation sites (N-methyl/N-ethyl adjacent to an activating group) is 1. The molecule has 0 bridgehead atoms. The van der Waals surface area contributed by atoms with E-state index in [1.54, 1.807) is 0 Å². The highest BCUT2D eigenvalue weighted by Gasteiger charge is 2.36. The third kappa shape index (κ3) is 6.43. The maximum atomic E-state index is 13.4. The number of likely N-dealkylation sites (tertiary alicyclic amines) is 1. The molecule has 1 aliphatic carbocycles. The molecule has 1 atom stereocenters. The van der Waals surface area contributed by atoms with E-state index in [0.717, 1.165) is 31.5 Å².